The van der Waals surface area contributed by atoms with Gasteiger partial charge < -0.3 is 9.84 Å². The lowest BCUT2D eigenvalue weighted by Crippen LogP contribution is -1.95. The fourth-order valence-corrected chi connectivity index (χ4v) is 1.01. The zero-order valence-electron chi connectivity index (χ0n) is 8.15. The van der Waals surface area contributed by atoms with E-state index in [4.69, 9.17) is 9.84 Å². The third-order valence-corrected chi connectivity index (χ3v) is 1.84. The van der Waals surface area contributed by atoms with Crippen LogP contribution in [0.1, 0.15) is 12.5 Å². The van der Waals surface area contributed by atoms with Crippen LogP contribution in [-0.2, 0) is 4.79 Å². The van der Waals surface area contributed by atoms with E-state index in [1.807, 2.05) is 12.1 Å². The molecule has 0 aliphatic rings. The molecule has 0 spiro atoms. The quantitative estimate of drug-likeness (QED) is 0.746. The molecule has 1 rings (SSSR count). The van der Waals surface area contributed by atoms with Gasteiger partial charge in [0, 0.05) is 5.57 Å². The van der Waals surface area contributed by atoms with E-state index in [0.717, 1.165) is 11.3 Å². The van der Waals surface area contributed by atoms with Crippen LogP contribution in [-0.4, -0.2) is 18.2 Å². The molecule has 1 N–H and O–H groups in total. The van der Waals surface area contributed by atoms with Gasteiger partial charge in [-0.2, -0.15) is 0 Å². The maximum atomic E-state index is 10.5. The van der Waals surface area contributed by atoms with E-state index < -0.39 is 5.97 Å². The SMILES string of the molecule is COc1ccc(C=C(C)C(=O)O)cc1. The average molecular weight is 192 g/mol. The van der Waals surface area contributed by atoms with Gasteiger partial charge in [-0.25, -0.2) is 4.79 Å². The normalized spacial score (nSPS) is 11.1. The second kappa shape index (κ2) is 4.46. The van der Waals surface area contributed by atoms with Crippen LogP contribution < -0.4 is 4.74 Å². The molecule has 3 nitrogen and oxygen atoms in total. The lowest BCUT2D eigenvalue weighted by atomic mass is 10.1. The van der Waals surface area contributed by atoms with Gasteiger partial charge in [0.1, 0.15) is 5.75 Å². The summed E-state index contributed by atoms with van der Waals surface area (Å²) in [6.45, 7) is 1.56. The van der Waals surface area contributed by atoms with E-state index in [2.05, 4.69) is 0 Å². The first-order valence-electron chi connectivity index (χ1n) is 4.19. The van der Waals surface area contributed by atoms with Gasteiger partial charge in [0.05, 0.1) is 7.11 Å². The number of methoxy groups -OCH3 is 1. The molecule has 0 unspecified atom stereocenters. The first-order valence-corrected chi connectivity index (χ1v) is 4.19. The minimum Gasteiger partial charge on any atom is -0.497 e. The molecule has 74 valence electrons. The van der Waals surface area contributed by atoms with E-state index in [-0.39, 0.29) is 0 Å². The summed E-state index contributed by atoms with van der Waals surface area (Å²) in [5.41, 5.74) is 1.17. The fraction of sp³-hybridized carbons (Fsp3) is 0.182. The van der Waals surface area contributed by atoms with E-state index >= 15 is 0 Å². The van der Waals surface area contributed by atoms with Gasteiger partial charge in [0.2, 0.25) is 0 Å². The maximum Gasteiger partial charge on any atom is 0.331 e. The van der Waals surface area contributed by atoms with Crippen molar-refractivity contribution in [1.29, 1.82) is 0 Å². The third kappa shape index (κ3) is 2.62. The van der Waals surface area contributed by atoms with Crippen molar-refractivity contribution in [1.82, 2.24) is 0 Å². The minimum absolute atomic E-state index is 0.315. The number of aliphatic carboxylic acids is 1. The fourth-order valence-electron chi connectivity index (χ4n) is 1.01. The predicted octanol–water partition coefficient (Wildman–Crippen LogP) is 2.18. The van der Waals surface area contributed by atoms with Crippen LogP contribution in [0.2, 0.25) is 0 Å². The van der Waals surface area contributed by atoms with E-state index in [9.17, 15) is 4.79 Å². The molecule has 0 heterocycles. The first-order chi connectivity index (χ1) is 6.63. The number of rotatable bonds is 3. The molecular weight excluding hydrogens is 180 g/mol. The Morgan fingerprint density at radius 2 is 1.93 bits per heavy atom. The predicted molar refractivity (Wildman–Crippen MR) is 54.3 cm³/mol. The highest BCUT2D eigenvalue weighted by molar-refractivity contribution is 5.91. The van der Waals surface area contributed by atoms with Gasteiger partial charge in [-0.3, -0.25) is 0 Å². The zero-order chi connectivity index (χ0) is 10.6. The van der Waals surface area contributed by atoms with Crippen LogP contribution in [0, 0.1) is 0 Å². The van der Waals surface area contributed by atoms with Gasteiger partial charge in [-0.05, 0) is 30.7 Å². The Labute approximate surface area is 82.6 Å². The molecule has 0 amide bonds. The second-order valence-electron chi connectivity index (χ2n) is 2.91. The van der Waals surface area contributed by atoms with Crippen molar-refractivity contribution in [2.45, 2.75) is 6.92 Å². The van der Waals surface area contributed by atoms with Crippen LogP contribution in [0.25, 0.3) is 6.08 Å². The van der Waals surface area contributed by atoms with Gasteiger partial charge >= 0.3 is 5.97 Å². The van der Waals surface area contributed by atoms with Crippen molar-refractivity contribution in [3.63, 3.8) is 0 Å². The number of benzene rings is 1. The highest BCUT2D eigenvalue weighted by Gasteiger charge is 1.99. The zero-order valence-corrected chi connectivity index (χ0v) is 8.15. The monoisotopic (exact) mass is 192 g/mol. The molecule has 0 aromatic heterocycles. The summed E-state index contributed by atoms with van der Waals surface area (Å²) in [5.74, 6) is -0.143. The van der Waals surface area contributed by atoms with Crippen molar-refractivity contribution in [2.24, 2.45) is 0 Å². The smallest absolute Gasteiger partial charge is 0.331 e. The molecule has 0 radical (unpaired) electrons. The average Bonchev–Trinajstić information content (AvgIpc) is 2.19. The molecule has 14 heavy (non-hydrogen) atoms. The highest BCUT2D eigenvalue weighted by Crippen LogP contribution is 2.13. The summed E-state index contributed by atoms with van der Waals surface area (Å²) >= 11 is 0. The van der Waals surface area contributed by atoms with Gasteiger partial charge in [0.15, 0.2) is 0 Å². The summed E-state index contributed by atoms with van der Waals surface area (Å²) in [4.78, 5) is 10.5. The van der Waals surface area contributed by atoms with Crippen molar-refractivity contribution in [3.05, 3.63) is 35.4 Å². The van der Waals surface area contributed by atoms with Gasteiger partial charge in [-0.1, -0.05) is 12.1 Å². The molecule has 0 aliphatic carbocycles. The van der Waals surface area contributed by atoms with Crippen molar-refractivity contribution < 1.29 is 14.6 Å². The Bertz CT molecular complexity index is 349. The third-order valence-electron chi connectivity index (χ3n) is 1.84. The van der Waals surface area contributed by atoms with E-state index in [1.165, 1.54) is 0 Å². The number of carboxylic acid groups (broad SMARTS) is 1. The molecule has 0 saturated heterocycles. The molecule has 0 bridgehead atoms. The molecule has 1 aromatic rings. The lowest BCUT2D eigenvalue weighted by molar-refractivity contribution is -0.132. The van der Waals surface area contributed by atoms with Gasteiger partial charge in [0.25, 0.3) is 0 Å². The Kier molecular flexibility index (Phi) is 3.29. The lowest BCUT2D eigenvalue weighted by Gasteiger charge is -1.99. The Balaban J connectivity index is 2.88. The molecule has 0 saturated carbocycles. The summed E-state index contributed by atoms with van der Waals surface area (Å²) in [6, 6.07) is 7.21. The Hall–Kier alpha value is -1.77. The van der Waals surface area contributed by atoms with Crippen LogP contribution in [0.3, 0.4) is 0 Å². The van der Waals surface area contributed by atoms with Crippen molar-refractivity contribution in [3.8, 4) is 5.75 Å². The van der Waals surface area contributed by atoms with Crippen LogP contribution in [0.4, 0.5) is 0 Å². The summed E-state index contributed by atoms with van der Waals surface area (Å²) in [5, 5.41) is 8.65. The van der Waals surface area contributed by atoms with Crippen LogP contribution in [0.15, 0.2) is 29.8 Å². The molecule has 0 fully saturated rings. The van der Waals surface area contributed by atoms with E-state index in [0.29, 0.717) is 5.57 Å². The van der Waals surface area contributed by atoms with Crippen LogP contribution >= 0.6 is 0 Å². The number of carboxylic acids is 1. The standard InChI is InChI=1S/C11H12O3/c1-8(11(12)13)7-9-3-5-10(14-2)6-4-9/h3-7H,1-2H3,(H,12,13). The Morgan fingerprint density at radius 3 is 2.36 bits per heavy atom. The summed E-state index contributed by atoms with van der Waals surface area (Å²) in [6.07, 6.45) is 1.61. The van der Waals surface area contributed by atoms with Crippen molar-refractivity contribution in [2.75, 3.05) is 7.11 Å². The number of hydrogen-bond acceptors (Lipinski definition) is 2. The van der Waals surface area contributed by atoms with E-state index in [1.54, 1.807) is 32.2 Å². The summed E-state index contributed by atoms with van der Waals surface area (Å²) < 4.78 is 4.98. The second-order valence-corrected chi connectivity index (χ2v) is 2.91. The number of hydrogen-bond donors (Lipinski definition) is 1. The molecular formula is C11H12O3. The molecule has 0 atom stereocenters. The number of carbonyl (C=O) groups is 1. The molecule has 1 aromatic carbocycles. The minimum atomic E-state index is -0.902. The summed E-state index contributed by atoms with van der Waals surface area (Å²) in [7, 11) is 1.59. The Morgan fingerprint density at radius 1 is 1.36 bits per heavy atom. The molecule has 3 heteroatoms. The maximum absolute atomic E-state index is 10.5. The van der Waals surface area contributed by atoms with Gasteiger partial charge in [-0.15, -0.1) is 0 Å². The topological polar surface area (TPSA) is 46.5 Å². The van der Waals surface area contributed by atoms with Crippen LogP contribution in [0.5, 0.6) is 5.75 Å². The first kappa shape index (κ1) is 10.3. The number of ether oxygens (including phenoxy) is 1. The van der Waals surface area contributed by atoms with Crippen molar-refractivity contribution >= 4 is 12.0 Å². The molecule has 0 aliphatic heterocycles. The highest BCUT2D eigenvalue weighted by atomic mass is 16.5. The largest absolute Gasteiger partial charge is 0.497 e.